The number of nitrogens with one attached hydrogen (secondary N) is 1. The van der Waals surface area contributed by atoms with Crippen molar-refractivity contribution in [2.75, 3.05) is 0 Å². The van der Waals surface area contributed by atoms with Gasteiger partial charge >= 0.3 is 0 Å². The summed E-state index contributed by atoms with van der Waals surface area (Å²) in [6.45, 7) is 0. The predicted molar refractivity (Wildman–Crippen MR) is 84.3 cm³/mol. The van der Waals surface area contributed by atoms with Crippen LogP contribution in [0.4, 0.5) is 4.39 Å². The molecule has 2 nitrogen and oxygen atoms in total. The molecule has 20 heavy (non-hydrogen) atoms. The quantitative estimate of drug-likeness (QED) is 0.601. The van der Waals surface area contributed by atoms with Gasteiger partial charge in [0.25, 0.3) is 0 Å². The molecular formula is C14H12BrCl2FN2. The van der Waals surface area contributed by atoms with E-state index in [1.807, 2.05) is 0 Å². The third-order valence-corrected chi connectivity index (χ3v) is 4.04. The summed E-state index contributed by atoms with van der Waals surface area (Å²) in [5.74, 6) is 5.29. The summed E-state index contributed by atoms with van der Waals surface area (Å²) in [7, 11) is 0. The van der Waals surface area contributed by atoms with E-state index in [1.54, 1.807) is 30.3 Å². The molecule has 0 radical (unpaired) electrons. The van der Waals surface area contributed by atoms with E-state index in [1.165, 1.54) is 6.07 Å². The van der Waals surface area contributed by atoms with E-state index < -0.39 is 0 Å². The minimum Gasteiger partial charge on any atom is -0.271 e. The van der Waals surface area contributed by atoms with Gasteiger partial charge in [0.1, 0.15) is 5.82 Å². The number of rotatable bonds is 4. The second-order valence-corrected chi connectivity index (χ2v) is 6.08. The van der Waals surface area contributed by atoms with Crippen molar-refractivity contribution < 1.29 is 4.39 Å². The summed E-state index contributed by atoms with van der Waals surface area (Å²) in [4.78, 5) is 0. The van der Waals surface area contributed by atoms with Crippen LogP contribution in [0.15, 0.2) is 40.9 Å². The van der Waals surface area contributed by atoms with Crippen molar-refractivity contribution in [3.8, 4) is 0 Å². The summed E-state index contributed by atoms with van der Waals surface area (Å²) in [5, 5.41) is 1.09. The molecular weight excluding hydrogens is 366 g/mol. The van der Waals surface area contributed by atoms with Crippen molar-refractivity contribution in [2.45, 2.75) is 12.5 Å². The van der Waals surface area contributed by atoms with E-state index in [-0.39, 0.29) is 11.9 Å². The Hall–Kier alpha value is -0.650. The van der Waals surface area contributed by atoms with E-state index in [2.05, 4.69) is 21.4 Å². The molecule has 2 aromatic rings. The molecule has 0 aliphatic carbocycles. The zero-order valence-electron chi connectivity index (χ0n) is 10.3. The van der Waals surface area contributed by atoms with Crippen LogP contribution in [0.3, 0.4) is 0 Å². The number of halogens is 4. The maximum absolute atomic E-state index is 13.8. The Kier molecular flexibility index (Phi) is 5.41. The van der Waals surface area contributed by atoms with Gasteiger partial charge in [-0.25, -0.2) is 4.39 Å². The van der Waals surface area contributed by atoms with Gasteiger partial charge in [0.2, 0.25) is 0 Å². The average Bonchev–Trinajstić information content (AvgIpc) is 2.42. The predicted octanol–water partition coefficient (Wildman–Crippen LogP) is 4.64. The molecule has 1 unspecified atom stereocenters. The highest BCUT2D eigenvalue weighted by atomic mass is 79.9. The van der Waals surface area contributed by atoms with E-state index in [0.29, 0.717) is 22.0 Å². The van der Waals surface area contributed by atoms with Gasteiger partial charge in [0.15, 0.2) is 0 Å². The van der Waals surface area contributed by atoms with Gasteiger partial charge in [-0.1, -0.05) is 39.1 Å². The van der Waals surface area contributed by atoms with Gasteiger partial charge in [-0.05, 0) is 53.9 Å². The van der Waals surface area contributed by atoms with Gasteiger partial charge in [-0.2, -0.15) is 0 Å². The molecule has 0 bridgehead atoms. The summed E-state index contributed by atoms with van der Waals surface area (Å²) in [6, 6.07) is 9.57. The molecule has 0 aliphatic rings. The van der Waals surface area contributed by atoms with Crippen LogP contribution in [0.1, 0.15) is 17.2 Å². The lowest BCUT2D eigenvalue weighted by molar-refractivity contribution is 0.529. The molecule has 0 aromatic heterocycles. The minimum atomic E-state index is -0.329. The van der Waals surface area contributed by atoms with E-state index >= 15 is 0 Å². The Bertz CT molecular complexity index is 622. The van der Waals surface area contributed by atoms with Crippen molar-refractivity contribution in [2.24, 2.45) is 5.84 Å². The molecule has 0 saturated carbocycles. The van der Waals surface area contributed by atoms with Crippen molar-refractivity contribution in [3.05, 3.63) is 67.9 Å². The molecule has 0 fully saturated rings. The largest absolute Gasteiger partial charge is 0.271 e. The maximum atomic E-state index is 13.8. The normalized spacial score (nSPS) is 12.4. The second-order valence-electron chi connectivity index (χ2n) is 4.32. The molecule has 0 heterocycles. The van der Waals surface area contributed by atoms with E-state index in [0.717, 1.165) is 10.0 Å². The molecule has 3 N–H and O–H groups in total. The number of benzene rings is 2. The summed E-state index contributed by atoms with van der Waals surface area (Å²) in [6.07, 6.45) is 0.363. The lowest BCUT2D eigenvalue weighted by Crippen LogP contribution is -2.30. The zero-order valence-corrected chi connectivity index (χ0v) is 13.4. The molecule has 6 heteroatoms. The monoisotopic (exact) mass is 376 g/mol. The Balaban J connectivity index is 2.33. The van der Waals surface area contributed by atoms with Crippen molar-refractivity contribution in [1.82, 2.24) is 5.43 Å². The van der Waals surface area contributed by atoms with Crippen LogP contribution in [0.25, 0.3) is 0 Å². The third kappa shape index (κ3) is 3.71. The molecule has 2 rings (SSSR count). The van der Waals surface area contributed by atoms with E-state index in [9.17, 15) is 4.39 Å². The topological polar surface area (TPSA) is 38.0 Å². The van der Waals surface area contributed by atoms with Crippen LogP contribution < -0.4 is 11.3 Å². The fourth-order valence-corrected chi connectivity index (χ4v) is 2.80. The molecule has 0 spiro atoms. The first kappa shape index (κ1) is 15.7. The van der Waals surface area contributed by atoms with Gasteiger partial charge in [0, 0.05) is 14.5 Å². The first-order chi connectivity index (χ1) is 9.51. The summed E-state index contributed by atoms with van der Waals surface area (Å²) < 4.78 is 14.6. The van der Waals surface area contributed by atoms with Gasteiger partial charge < -0.3 is 0 Å². The Morgan fingerprint density at radius 2 is 1.95 bits per heavy atom. The average molecular weight is 378 g/mol. The molecule has 1 atom stereocenters. The molecule has 106 valence electrons. The number of hydrogen-bond acceptors (Lipinski definition) is 2. The van der Waals surface area contributed by atoms with Crippen molar-refractivity contribution in [3.63, 3.8) is 0 Å². The van der Waals surface area contributed by atoms with Crippen LogP contribution >= 0.6 is 39.1 Å². The van der Waals surface area contributed by atoms with Gasteiger partial charge in [-0.15, -0.1) is 0 Å². The SMILES string of the molecule is NNC(Cc1cc(Br)ccc1F)c1cc(Cl)ccc1Cl. The first-order valence-corrected chi connectivity index (χ1v) is 7.41. The fourth-order valence-electron chi connectivity index (χ4n) is 1.96. The van der Waals surface area contributed by atoms with Crippen molar-refractivity contribution >= 4 is 39.1 Å². The minimum absolute atomic E-state index is 0.286. The van der Waals surface area contributed by atoms with Crippen LogP contribution in [-0.2, 0) is 6.42 Å². The lowest BCUT2D eigenvalue weighted by atomic mass is 9.99. The third-order valence-electron chi connectivity index (χ3n) is 2.97. The van der Waals surface area contributed by atoms with Crippen LogP contribution in [0.2, 0.25) is 10.0 Å². The van der Waals surface area contributed by atoms with Gasteiger partial charge in [0.05, 0.1) is 6.04 Å². The highest BCUT2D eigenvalue weighted by Crippen LogP contribution is 2.29. The summed E-state index contributed by atoms with van der Waals surface area (Å²) >= 11 is 15.4. The van der Waals surface area contributed by atoms with E-state index in [4.69, 9.17) is 29.0 Å². The maximum Gasteiger partial charge on any atom is 0.126 e. The molecule has 0 saturated heterocycles. The second kappa shape index (κ2) is 6.87. The van der Waals surface area contributed by atoms with Crippen LogP contribution in [0.5, 0.6) is 0 Å². The highest BCUT2D eigenvalue weighted by molar-refractivity contribution is 9.10. The summed E-state index contributed by atoms with van der Waals surface area (Å²) in [5.41, 5.74) is 3.93. The molecule has 2 aromatic carbocycles. The number of hydrazine groups is 1. The smallest absolute Gasteiger partial charge is 0.126 e. The lowest BCUT2D eigenvalue weighted by Gasteiger charge is -2.18. The molecule has 0 amide bonds. The number of nitrogens with two attached hydrogens (primary N) is 1. The Morgan fingerprint density at radius 3 is 2.65 bits per heavy atom. The van der Waals surface area contributed by atoms with Crippen LogP contribution in [-0.4, -0.2) is 0 Å². The standard InChI is InChI=1S/C14H12BrCl2FN2/c15-9-1-4-13(18)8(5-9)6-14(20-19)11-7-10(16)2-3-12(11)17/h1-5,7,14,20H,6,19H2. The molecule has 0 aliphatic heterocycles. The van der Waals surface area contributed by atoms with Crippen LogP contribution in [0, 0.1) is 5.82 Å². The zero-order chi connectivity index (χ0) is 14.7. The first-order valence-electron chi connectivity index (χ1n) is 5.86. The Morgan fingerprint density at radius 1 is 1.20 bits per heavy atom. The van der Waals surface area contributed by atoms with Gasteiger partial charge in [-0.3, -0.25) is 11.3 Å². The van der Waals surface area contributed by atoms with Crippen molar-refractivity contribution in [1.29, 1.82) is 0 Å². The number of hydrogen-bond donors (Lipinski definition) is 2. The highest BCUT2D eigenvalue weighted by Gasteiger charge is 2.16. The fraction of sp³-hybridized carbons (Fsp3) is 0.143. The Labute approximate surface area is 135 Å².